The lowest BCUT2D eigenvalue weighted by atomic mass is 10.5. The van der Waals surface area contributed by atoms with Gasteiger partial charge in [-0.15, -0.1) is 0 Å². The van der Waals surface area contributed by atoms with Crippen LogP contribution >= 0.6 is 12.2 Å². The lowest BCUT2D eigenvalue weighted by Gasteiger charge is -2.03. The van der Waals surface area contributed by atoms with Gasteiger partial charge in [-0.3, -0.25) is 19.5 Å². The maximum Gasteiger partial charge on any atom is 0.227 e. The van der Waals surface area contributed by atoms with Crippen LogP contribution in [-0.2, 0) is 18.9 Å². The summed E-state index contributed by atoms with van der Waals surface area (Å²) >= 11 is 4.93. The minimum absolute atomic E-state index is 0.0660. The molecule has 0 spiro atoms. The van der Waals surface area contributed by atoms with E-state index in [9.17, 15) is 4.79 Å². The van der Waals surface area contributed by atoms with Crippen molar-refractivity contribution in [2.24, 2.45) is 14.1 Å². The zero-order valence-electron chi connectivity index (χ0n) is 7.87. The highest BCUT2D eigenvalue weighted by Crippen LogP contribution is 2.02. The Labute approximate surface area is 81.4 Å². The van der Waals surface area contributed by atoms with Gasteiger partial charge in [-0.25, -0.2) is 0 Å². The van der Waals surface area contributed by atoms with Crippen LogP contribution in [0.15, 0.2) is 0 Å². The predicted molar refractivity (Wildman–Crippen MR) is 51.9 cm³/mol. The van der Waals surface area contributed by atoms with Gasteiger partial charge in [-0.1, -0.05) is 6.92 Å². The molecule has 72 valence electrons. The van der Waals surface area contributed by atoms with E-state index < -0.39 is 0 Å². The SMILES string of the molecule is CCC(=O)Nc1nc(=S)n(C)n1C. The lowest BCUT2D eigenvalue weighted by molar-refractivity contribution is -0.115. The fourth-order valence-electron chi connectivity index (χ4n) is 0.828. The molecule has 0 aliphatic rings. The number of nitrogens with zero attached hydrogens (tertiary/aromatic N) is 3. The quantitative estimate of drug-likeness (QED) is 0.720. The van der Waals surface area contributed by atoms with Crippen LogP contribution in [0.2, 0.25) is 0 Å². The zero-order valence-corrected chi connectivity index (χ0v) is 8.68. The van der Waals surface area contributed by atoms with Gasteiger partial charge >= 0.3 is 0 Å². The molecule has 0 bridgehead atoms. The van der Waals surface area contributed by atoms with E-state index in [2.05, 4.69) is 10.3 Å². The molecule has 6 heteroatoms. The van der Waals surface area contributed by atoms with Crippen molar-refractivity contribution in [1.29, 1.82) is 0 Å². The molecule has 0 unspecified atom stereocenters. The second kappa shape index (κ2) is 3.69. The Hall–Kier alpha value is -1.17. The Kier molecular flexibility index (Phi) is 2.82. The summed E-state index contributed by atoms with van der Waals surface area (Å²) in [6.07, 6.45) is 0.434. The molecule has 13 heavy (non-hydrogen) atoms. The van der Waals surface area contributed by atoms with E-state index in [0.29, 0.717) is 17.1 Å². The molecule has 0 fully saturated rings. The number of amides is 1. The highest BCUT2D eigenvalue weighted by atomic mass is 32.1. The molecule has 0 saturated carbocycles. The summed E-state index contributed by atoms with van der Waals surface area (Å²) in [5.41, 5.74) is 0. The largest absolute Gasteiger partial charge is 0.295 e. The molecule has 0 aliphatic heterocycles. The van der Waals surface area contributed by atoms with Crippen LogP contribution in [0.3, 0.4) is 0 Å². The van der Waals surface area contributed by atoms with Crippen LogP contribution in [0.4, 0.5) is 5.95 Å². The molecule has 0 atom stereocenters. The fraction of sp³-hybridized carbons (Fsp3) is 0.571. The normalized spacial score (nSPS) is 10.1. The van der Waals surface area contributed by atoms with E-state index in [1.54, 1.807) is 30.4 Å². The maximum absolute atomic E-state index is 11.0. The molecule has 1 heterocycles. The van der Waals surface area contributed by atoms with Crippen molar-refractivity contribution in [1.82, 2.24) is 14.3 Å². The monoisotopic (exact) mass is 200 g/mol. The second-order valence-electron chi connectivity index (χ2n) is 2.67. The first kappa shape index (κ1) is 9.91. The van der Waals surface area contributed by atoms with Crippen molar-refractivity contribution in [3.63, 3.8) is 0 Å². The van der Waals surface area contributed by atoms with Gasteiger partial charge in [0.25, 0.3) is 0 Å². The number of rotatable bonds is 2. The minimum Gasteiger partial charge on any atom is -0.295 e. The van der Waals surface area contributed by atoms with E-state index in [1.807, 2.05) is 0 Å². The first-order chi connectivity index (χ1) is 6.06. The van der Waals surface area contributed by atoms with Crippen LogP contribution in [0.5, 0.6) is 0 Å². The van der Waals surface area contributed by atoms with Gasteiger partial charge in [-0.2, -0.15) is 4.98 Å². The molecule has 1 aromatic heterocycles. The smallest absolute Gasteiger partial charge is 0.227 e. The molecule has 1 N–H and O–H groups in total. The third-order valence-electron chi connectivity index (χ3n) is 1.81. The summed E-state index contributed by atoms with van der Waals surface area (Å²) in [4.78, 5) is 15.1. The predicted octanol–water partition coefficient (Wildman–Crippen LogP) is 0.837. The van der Waals surface area contributed by atoms with Gasteiger partial charge in [0.05, 0.1) is 0 Å². The summed E-state index contributed by atoms with van der Waals surface area (Å²) in [6, 6.07) is 0. The topological polar surface area (TPSA) is 51.9 Å². The maximum atomic E-state index is 11.0. The zero-order chi connectivity index (χ0) is 10.0. The molecule has 1 rings (SSSR count). The average Bonchev–Trinajstić information content (AvgIpc) is 2.34. The van der Waals surface area contributed by atoms with Crippen LogP contribution in [0.25, 0.3) is 0 Å². The minimum atomic E-state index is -0.0660. The van der Waals surface area contributed by atoms with E-state index in [0.717, 1.165) is 0 Å². The van der Waals surface area contributed by atoms with Gasteiger partial charge in [-0.05, 0) is 12.2 Å². The van der Waals surface area contributed by atoms with Gasteiger partial charge in [0, 0.05) is 20.5 Å². The first-order valence-electron chi connectivity index (χ1n) is 3.96. The Morgan fingerprint density at radius 2 is 2.15 bits per heavy atom. The molecular weight excluding hydrogens is 188 g/mol. The average molecular weight is 200 g/mol. The van der Waals surface area contributed by atoms with Crippen LogP contribution in [0, 0.1) is 4.77 Å². The Bertz CT molecular complexity index is 378. The van der Waals surface area contributed by atoms with Crippen molar-refractivity contribution >= 4 is 24.1 Å². The number of hydrogen-bond acceptors (Lipinski definition) is 3. The number of carbonyl (C=O) groups excluding carboxylic acids is 1. The summed E-state index contributed by atoms with van der Waals surface area (Å²) in [6.45, 7) is 1.78. The van der Waals surface area contributed by atoms with E-state index in [4.69, 9.17) is 12.2 Å². The van der Waals surface area contributed by atoms with E-state index in [1.165, 1.54) is 0 Å². The van der Waals surface area contributed by atoms with Crippen molar-refractivity contribution < 1.29 is 4.79 Å². The standard InChI is InChI=1S/C7H12N4OS/c1-4-5(12)8-6-9-7(13)11(3)10(6)2/h4H2,1-3H3,(H,8,9,12,13). The lowest BCUT2D eigenvalue weighted by Crippen LogP contribution is -2.15. The molecule has 5 nitrogen and oxygen atoms in total. The van der Waals surface area contributed by atoms with Crippen LogP contribution in [-0.4, -0.2) is 20.3 Å². The summed E-state index contributed by atoms with van der Waals surface area (Å²) in [5.74, 6) is 0.419. The molecule has 1 amide bonds. The van der Waals surface area contributed by atoms with Gasteiger partial charge in [0.1, 0.15) is 0 Å². The van der Waals surface area contributed by atoms with Gasteiger partial charge in [0.15, 0.2) is 0 Å². The van der Waals surface area contributed by atoms with Crippen LogP contribution < -0.4 is 5.32 Å². The molecule has 0 aromatic carbocycles. The molecule has 0 aliphatic carbocycles. The van der Waals surface area contributed by atoms with Gasteiger partial charge in [0.2, 0.25) is 16.6 Å². The van der Waals surface area contributed by atoms with E-state index >= 15 is 0 Å². The summed E-state index contributed by atoms with van der Waals surface area (Å²) in [5, 5.41) is 2.65. The number of anilines is 1. The number of hydrogen-bond donors (Lipinski definition) is 1. The van der Waals surface area contributed by atoms with Crippen molar-refractivity contribution in [2.75, 3.05) is 5.32 Å². The highest BCUT2D eigenvalue weighted by molar-refractivity contribution is 7.71. The Morgan fingerprint density at radius 3 is 2.54 bits per heavy atom. The van der Waals surface area contributed by atoms with Crippen molar-refractivity contribution in [2.45, 2.75) is 13.3 Å². The van der Waals surface area contributed by atoms with Crippen molar-refractivity contribution in [3.8, 4) is 0 Å². The Balaban J connectivity index is 2.96. The Morgan fingerprint density at radius 1 is 1.54 bits per heavy atom. The third-order valence-corrected chi connectivity index (χ3v) is 2.16. The number of aromatic nitrogens is 3. The number of nitrogens with one attached hydrogen (secondary N) is 1. The van der Waals surface area contributed by atoms with Crippen molar-refractivity contribution in [3.05, 3.63) is 4.77 Å². The molecule has 1 aromatic rings. The molecular formula is C7H12N4OS. The molecule has 0 saturated heterocycles. The number of carbonyl (C=O) groups is 1. The summed E-state index contributed by atoms with van der Waals surface area (Å²) < 4.78 is 3.82. The first-order valence-corrected chi connectivity index (χ1v) is 4.37. The van der Waals surface area contributed by atoms with Crippen LogP contribution in [0.1, 0.15) is 13.3 Å². The highest BCUT2D eigenvalue weighted by Gasteiger charge is 2.06. The second-order valence-corrected chi connectivity index (χ2v) is 3.03. The van der Waals surface area contributed by atoms with E-state index in [-0.39, 0.29) is 5.91 Å². The third kappa shape index (κ3) is 1.95. The fourth-order valence-corrected chi connectivity index (χ4v) is 1.04. The molecule has 0 radical (unpaired) electrons. The van der Waals surface area contributed by atoms with Gasteiger partial charge < -0.3 is 0 Å². The summed E-state index contributed by atoms with van der Waals surface area (Å²) in [7, 11) is 3.57.